The highest BCUT2D eigenvalue weighted by Gasteiger charge is 2.17. The third-order valence-corrected chi connectivity index (χ3v) is 8.68. The molecule has 0 heterocycles. The quantitative estimate of drug-likeness (QED) is 0.0983. The average Bonchev–Trinajstić information content (AvgIpc) is 2.86. The molecule has 0 radical (unpaired) electrons. The Morgan fingerprint density at radius 3 is 1.56 bits per heavy atom. The lowest BCUT2D eigenvalue weighted by atomic mass is 10.0. The van der Waals surface area contributed by atoms with Gasteiger partial charge in [-0.15, -0.1) is 23.5 Å². The number of thioether (sulfide) groups is 3. The van der Waals surface area contributed by atoms with Gasteiger partial charge in [0.1, 0.15) is 0 Å². The van der Waals surface area contributed by atoms with Crippen LogP contribution in [0.5, 0.6) is 0 Å². The highest BCUT2D eigenvalue weighted by molar-refractivity contribution is 8.17. The molecule has 0 saturated heterocycles. The van der Waals surface area contributed by atoms with Crippen molar-refractivity contribution in [2.24, 2.45) is 4.99 Å². The van der Waals surface area contributed by atoms with E-state index in [0.717, 1.165) is 17.2 Å². The molecule has 0 spiro atoms. The molecule has 1 nitrogen and oxygen atoms in total. The molecule has 0 atom stereocenters. The predicted molar refractivity (Wildman–Crippen MR) is 153 cm³/mol. The summed E-state index contributed by atoms with van der Waals surface area (Å²) in [6.07, 6.45) is 0.866. The third-order valence-electron chi connectivity index (χ3n) is 5.16. The van der Waals surface area contributed by atoms with E-state index < -0.39 is 0 Å². The Morgan fingerprint density at radius 1 is 0.618 bits per heavy atom. The summed E-state index contributed by atoms with van der Waals surface area (Å²) in [5, 5.41) is 1.13. The Morgan fingerprint density at radius 2 is 1.09 bits per heavy atom. The van der Waals surface area contributed by atoms with Gasteiger partial charge in [-0.1, -0.05) is 92.3 Å². The van der Waals surface area contributed by atoms with Crippen LogP contribution in [-0.2, 0) is 0 Å². The summed E-state index contributed by atoms with van der Waals surface area (Å²) in [5.74, 6) is 0.519. The minimum atomic E-state index is 0.301. The fourth-order valence-corrected chi connectivity index (χ4v) is 7.12. The van der Waals surface area contributed by atoms with Crippen LogP contribution in [0, 0.1) is 0 Å². The monoisotopic (exact) mass is 499 g/mol. The van der Waals surface area contributed by atoms with Crippen molar-refractivity contribution in [1.82, 2.24) is 0 Å². The van der Waals surface area contributed by atoms with Gasteiger partial charge in [0, 0.05) is 21.1 Å². The second-order valence-electron chi connectivity index (χ2n) is 8.16. The van der Waals surface area contributed by atoms with Crippen LogP contribution in [-0.4, -0.2) is 9.63 Å². The molecule has 4 heteroatoms. The third kappa shape index (κ3) is 7.83. The van der Waals surface area contributed by atoms with Gasteiger partial charge in [-0.05, 0) is 60.0 Å². The molecule has 0 bridgehead atoms. The second kappa shape index (κ2) is 12.9. The number of hydrogen-bond donors (Lipinski definition) is 0. The van der Waals surface area contributed by atoms with Gasteiger partial charge >= 0.3 is 0 Å². The van der Waals surface area contributed by atoms with Crippen molar-refractivity contribution in [1.29, 1.82) is 0 Å². The van der Waals surface area contributed by atoms with E-state index in [1.165, 1.54) is 20.2 Å². The minimum absolute atomic E-state index is 0.301. The van der Waals surface area contributed by atoms with Crippen LogP contribution in [0.1, 0.15) is 31.7 Å². The summed E-state index contributed by atoms with van der Waals surface area (Å²) in [7, 11) is 0. The zero-order valence-corrected chi connectivity index (χ0v) is 22.0. The van der Waals surface area contributed by atoms with E-state index in [9.17, 15) is 0 Å². The lowest BCUT2D eigenvalue weighted by molar-refractivity contribution is 0.867. The molecule has 0 aromatic heterocycles. The molecule has 0 aliphatic carbocycles. The summed E-state index contributed by atoms with van der Waals surface area (Å²) >= 11 is 5.58. The fourth-order valence-electron chi connectivity index (χ4n) is 3.36. The molecule has 172 valence electrons. The first-order valence-corrected chi connectivity index (χ1v) is 14.1. The standard InChI is InChI=1S/C30H29NS3/c1-23(2)24-18-20-25(21-19-24)31-29(32-26-12-6-3-7-13-26)22-30(33-27-14-8-4-9-15-27)34-28-16-10-5-11-17-28/h3-21,23,30H,22H2,1-2H3. The predicted octanol–water partition coefficient (Wildman–Crippen LogP) is 9.93. The van der Waals surface area contributed by atoms with E-state index in [4.69, 9.17) is 4.99 Å². The smallest absolute Gasteiger partial charge is 0.0806 e. The van der Waals surface area contributed by atoms with Crippen molar-refractivity contribution in [3.8, 4) is 0 Å². The molecule has 0 fully saturated rings. The van der Waals surface area contributed by atoms with Crippen LogP contribution in [0.4, 0.5) is 5.69 Å². The van der Waals surface area contributed by atoms with Crippen molar-refractivity contribution in [2.75, 3.05) is 0 Å². The number of benzene rings is 4. The second-order valence-corrected chi connectivity index (χ2v) is 12.2. The van der Waals surface area contributed by atoms with Gasteiger partial charge in [0.05, 0.1) is 15.3 Å². The molecule has 4 aromatic rings. The van der Waals surface area contributed by atoms with Crippen LogP contribution in [0.15, 0.2) is 135 Å². The SMILES string of the molecule is CC(C)c1ccc(N=C(CC(Sc2ccccc2)Sc2ccccc2)Sc2ccccc2)cc1. The van der Waals surface area contributed by atoms with Gasteiger partial charge < -0.3 is 0 Å². The fraction of sp³-hybridized carbons (Fsp3) is 0.167. The summed E-state index contributed by atoms with van der Waals surface area (Å²) in [6.45, 7) is 4.45. The average molecular weight is 500 g/mol. The van der Waals surface area contributed by atoms with Gasteiger partial charge in [0.25, 0.3) is 0 Å². The first-order chi connectivity index (χ1) is 16.7. The van der Waals surface area contributed by atoms with Gasteiger partial charge in [-0.3, -0.25) is 0 Å². The van der Waals surface area contributed by atoms with Gasteiger partial charge in [-0.25, -0.2) is 4.99 Å². The highest BCUT2D eigenvalue weighted by Crippen LogP contribution is 2.40. The summed E-state index contributed by atoms with van der Waals surface area (Å²) in [6, 6.07) is 40.6. The Bertz CT molecular complexity index is 1120. The van der Waals surface area contributed by atoms with Crippen molar-refractivity contribution in [2.45, 2.75) is 45.5 Å². The molecule has 4 aromatic carbocycles. The Kier molecular flexibility index (Phi) is 9.37. The van der Waals surface area contributed by atoms with Crippen molar-refractivity contribution < 1.29 is 0 Å². The molecule has 0 amide bonds. The summed E-state index contributed by atoms with van der Waals surface area (Å²) in [5.41, 5.74) is 2.35. The summed E-state index contributed by atoms with van der Waals surface area (Å²) in [4.78, 5) is 8.90. The van der Waals surface area contributed by atoms with E-state index in [-0.39, 0.29) is 0 Å². The van der Waals surface area contributed by atoms with Gasteiger partial charge in [0.15, 0.2) is 0 Å². The lowest BCUT2D eigenvalue weighted by Gasteiger charge is -2.18. The van der Waals surface area contributed by atoms with E-state index in [0.29, 0.717) is 10.5 Å². The number of rotatable bonds is 9. The molecule has 4 rings (SSSR count). The maximum atomic E-state index is 5.13. The zero-order chi connectivity index (χ0) is 23.6. The van der Waals surface area contributed by atoms with E-state index >= 15 is 0 Å². The molecule has 0 aliphatic heterocycles. The van der Waals surface area contributed by atoms with Crippen LogP contribution in [0.25, 0.3) is 0 Å². The maximum absolute atomic E-state index is 5.13. The largest absolute Gasteiger partial charge is 0.246 e. The summed E-state index contributed by atoms with van der Waals surface area (Å²) < 4.78 is 0.301. The first kappa shape index (κ1) is 24.7. The van der Waals surface area contributed by atoms with E-state index in [1.807, 2.05) is 23.5 Å². The Hall–Kier alpha value is -2.40. The van der Waals surface area contributed by atoms with Crippen LogP contribution >= 0.6 is 35.3 Å². The van der Waals surface area contributed by atoms with Crippen molar-refractivity contribution in [3.05, 3.63) is 121 Å². The number of nitrogens with zero attached hydrogens (tertiary/aromatic N) is 1. The molecule has 34 heavy (non-hydrogen) atoms. The van der Waals surface area contributed by atoms with Crippen LogP contribution < -0.4 is 0 Å². The Labute approximate surface area is 216 Å². The Balaban J connectivity index is 1.62. The van der Waals surface area contributed by atoms with Gasteiger partial charge in [-0.2, -0.15) is 0 Å². The normalized spacial score (nSPS) is 11.8. The number of hydrogen-bond acceptors (Lipinski definition) is 4. The molecular weight excluding hydrogens is 471 g/mol. The lowest BCUT2D eigenvalue weighted by Crippen LogP contribution is -2.05. The molecular formula is C30H29NS3. The van der Waals surface area contributed by atoms with Crippen molar-refractivity contribution in [3.63, 3.8) is 0 Å². The minimum Gasteiger partial charge on any atom is -0.246 e. The molecule has 0 unspecified atom stereocenters. The van der Waals surface area contributed by atoms with E-state index in [1.54, 1.807) is 11.8 Å². The first-order valence-electron chi connectivity index (χ1n) is 11.5. The molecule has 0 aliphatic rings. The molecule has 0 saturated carbocycles. The number of aliphatic imine (C=N–C) groups is 1. The topological polar surface area (TPSA) is 12.4 Å². The highest BCUT2D eigenvalue weighted by atomic mass is 32.2. The maximum Gasteiger partial charge on any atom is 0.0806 e. The van der Waals surface area contributed by atoms with Crippen LogP contribution in [0.2, 0.25) is 0 Å². The van der Waals surface area contributed by atoms with E-state index in [2.05, 4.69) is 129 Å². The van der Waals surface area contributed by atoms with Crippen molar-refractivity contribution >= 4 is 46.0 Å². The zero-order valence-electron chi connectivity index (χ0n) is 19.5. The van der Waals surface area contributed by atoms with Crippen LogP contribution in [0.3, 0.4) is 0 Å². The molecule has 0 N–H and O–H groups in total. The van der Waals surface area contributed by atoms with Gasteiger partial charge in [0.2, 0.25) is 0 Å².